The molecule has 0 atom stereocenters. The highest BCUT2D eigenvalue weighted by atomic mass is 16.3. The normalized spacial score (nSPS) is 10.5. The van der Waals surface area contributed by atoms with Crippen LogP contribution in [0.4, 0.5) is 0 Å². The van der Waals surface area contributed by atoms with E-state index in [9.17, 15) is 0 Å². The van der Waals surface area contributed by atoms with Gasteiger partial charge in [0.1, 0.15) is 0 Å². The molecule has 0 aliphatic rings. The second-order valence-corrected chi connectivity index (χ2v) is 5.22. The van der Waals surface area contributed by atoms with Crippen LogP contribution in [0.15, 0.2) is 78.9 Å². The summed E-state index contributed by atoms with van der Waals surface area (Å²) in [7, 11) is 0. The zero-order valence-electron chi connectivity index (χ0n) is 11.9. The summed E-state index contributed by atoms with van der Waals surface area (Å²) in [6.45, 7) is 0.0916. The number of hydrogen-bond donors (Lipinski definition) is 1. The minimum Gasteiger partial charge on any atom is -0.392 e. The SMILES string of the molecule is OCc1ccc(-c2cccc(Cc3ccccc3)c2)cc1. The lowest BCUT2D eigenvalue weighted by Gasteiger charge is -2.07. The second kappa shape index (κ2) is 6.38. The molecule has 3 aromatic rings. The Kier molecular flexibility index (Phi) is 4.13. The van der Waals surface area contributed by atoms with Gasteiger partial charge in [-0.2, -0.15) is 0 Å². The maximum absolute atomic E-state index is 9.11. The third-order valence-corrected chi connectivity index (χ3v) is 3.65. The Morgan fingerprint density at radius 2 is 1.29 bits per heavy atom. The summed E-state index contributed by atoms with van der Waals surface area (Å²) in [5.74, 6) is 0. The van der Waals surface area contributed by atoms with E-state index in [1.54, 1.807) is 0 Å². The zero-order valence-corrected chi connectivity index (χ0v) is 11.9. The number of rotatable bonds is 4. The van der Waals surface area contributed by atoms with E-state index in [0.717, 1.165) is 12.0 Å². The molecule has 0 heterocycles. The molecule has 21 heavy (non-hydrogen) atoms. The Labute approximate surface area is 125 Å². The lowest BCUT2D eigenvalue weighted by atomic mass is 9.98. The van der Waals surface area contributed by atoms with E-state index in [1.807, 2.05) is 18.2 Å². The molecule has 1 heteroatoms. The van der Waals surface area contributed by atoms with E-state index in [1.165, 1.54) is 22.3 Å². The highest BCUT2D eigenvalue weighted by Gasteiger charge is 2.01. The average molecular weight is 274 g/mol. The van der Waals surface area contributed by atoms with Crippen molar-refractivity contribution in [3.05, 3.63) is 95.6 Å². The molecule has 1 nitrogen and oxygen atoms in total. The van der Waals surface area contributed by atoms with Crippen LogP contribution in [-0.2, 0) is 13.0 Å². The van der Waals surface area contributed by atoms with Crippen LogP contribution < -0.4 is 0 Å². The van der Waals surface area contributed by atoms with Crippen molar-refractivity contribution in [2.75, 3.05) is 0 Å². The molecule has 0 bridgehead atoms. The van der Waals surface area contributed by atoms with Gasteiger partial charge in [-0.05, 0) is 34.2 Å². The summed E-state index contributed by atoms with van der Waals surface area (Å²) in [5.41, 5.74) is 5.98. The first-order valence-electron chi connectivity index (χ1n) is 7.18. The molecule has 0 unspecified atom stereocenters. The summed E-state index contributed by atoms with van der Waals surface area (Å²) < 4.78 is 0. The number of aliphatic hydroxyl groups excluding tert-OH is 1. The van der Waals surface area contributed by atoms with Crippen molar-refractivity contribution in [1.82, 2.24) is 0 Å². The molecule has 0 aliphatic carbocycles. The minimum absolute atomic E-state index is 0.0916. The van der Waals surface area contributed by atoms with E-state index < -0.39 is 0 Å². The molecule has 0 fully saturated rings. The Balaban J connectivity index is 1.85. The van der Waals surface area contributed by atoms with Gasteiger partial charge in [-0.1, -0.05) is 78.9 Å². The Bertz CT molecular complexity index is 699. The van der Waals surface area contributed by atoms with Gasteiger partial charge >= 0.3 is 0 Å². The van der Waals surface area contributed by atoms with E-state index in [0.29, 0.717) is 0 Å². The summed E-state index contributed by atoms with van der Waals surface area (Å²) >= 11 is 0. The van der Waals surface area contributed by atoms with Crippen LogP contribution >= 0.6 is 0 Å². The molecule has 104 valence electrons. The van der Waals surface area contributed by atoms with Crippen molar-refractivity contribution in [3.8, 4) is 11.1 Å². The first-order chi connectivity index (χ1) is 10.3. The zero-order chi connectivity index (χ0) is 14.5. The number of benzene rings is 3. The molecule has 0 radical (unpaired) electrons. The Hall–Kier alpha value is -2.38. The van der Waals surface area contributed by atoms with Gasteiger partial charge in [-0.25, -0.2) is 0 Å². The predicted molar refractivity (Wildman–Crippen MR) is 87.0 cm³/mol. The van der Waals surface area contributed by atoms with Gasteiger partial charge in [-0.15, -0.1) is 0 Å². The molecular weight excluding hydrogens is 256 g/mol. The van der Waals surface area contributed by atoms with Gasteiger partial charge in [0.25, 0.3) is 0 Å². The molecular formula is C20H18O. The van der Waals surface area contributed by atoms with Crippen molar-refractivity contribution in [2.24, 2.45) is 0 Å². The second-order valence-electron chi connectivity index (χ2n) is 5.22. The van der Waals surface area contributed by atoms with Crippen LogP contribution in [0.2, 0.25) is 0 Å². The van der Waals surface area contributed by atoms with Crippen molar-refractivity contribution in [2.45, 2.75) is 13.0 Å². The minimum atomic E-state index is 0.0916. The Morgan fingerprint density at radius 3 is 2.00 bits per heavy atom. The monoisotopic (exact) mass is 274 g/mol. The van der Waals surface area contributed by atoms with Crippen molar-refractivity contribution < 1.29 is 5.11 Å². The topological polar surface area (TPSA) is 20.2 Å². The molecule has 0 saturated heterocycles. The molecule has 0 aromatic heterocycles. The molecule has 0 saturated carbocycles. The van der Waals surface area contributed by atoms with Gasteiger partial charge in [0, 0.05) is 0 Å². The van der Waals surface area contributed by atoms with Crippen molar-refractivity contribution in [1.29, 1.82) is 0 Å². The summed E-state index contributed by atoms with van der Waals surface area (Å²) in [6, 6.07) is 27.2. The average Bonchev–Trinajstić information content (AvgIpc) is 2.56. The standard InChI is InChI=1S/C20H18O/c21-15-17-9-11-19(12-10-17)20-8-4-7-18(14-20)13-16-5-2-1-3-6-16/h1-12,14,21H,13,15H2. The van der Waals surface area contributed by atoms with Crippen molar-refractivity contribution in [3.63, 3.8) is 0 Å². The van der Waals surface area contributed by atoms with Crippen LogP contribution in [0.5, 0.6) is 0 Å². The Morgan fingerprint density at radius 1 is 0.571 bits per heavy atom. The predicted octanol–water partition coefficient (Wildman–Crippen LogP) is 4.44. The van der Waals surface area contributed by atoms with Crippen LogP contribution in [-0.4, -0.2) is 5.11 Å². The van der Waals surface area contributed by atoms with Crippen LogP contribution in [0.25, 0.3) is 11.1 Å². The molecule has 0 spiro atoms. The number of aliphatic hydroxyl groups is 1. The highest BCUT2D eigenvalue weighted by molar-refractivity contribution is 5.64. The van der Waals surface area contributed by atoms with Crippen LogP contribution in [0, 0.1) is 0 Å². The smallest absolute Gasteiger partial charge is 0.0681 e. The molecule has 3 rings (SSSR count). The fourth-order valence-corrected chi connectivity index (χ4v) is 2.50. The lowest BCUT2D eigenvalue weighted by Crippen LogP contribution is -1.89. The van der Waals surface area contributed by atoms with Gasteiger partial charge in [0.05, 0.1) is 6.61 Å². The van der Waals surface area contributed by atoms with Gasteiger partial charge in [0.15, 0.2) is 0 Å². The summed E-state index contributed by atoms with van der Waals surface area (Å²) in [4.78, 5) is 0. The highest BCUT2D eigenvalue weighted by Crippen LogP contribution is 2.22. The first kappa shape index (κ1) is 13.6. The lowest BCUT2D eigenvalue weighted by molar-refractivity contribution is 0.282. The van der Waals surface area contributed by atoms with Crippen molar-refractivity contribution >= 4 is 0 Å². The van der Waals surface area contributed by atoms with Gasteiger partial charge < -0.3 is 5.11 Å². The van der Waals surface area contributed by atoms with Crippen LogP contribution in [0.3, 0.4) is 0 Å². The van der Waals surface area contributed by atoms with E-state index >= 15 is 0 Å². The van der Waals surface area contributed by atoms with Gasteiger partial charge in [-0.3, -0.25) is 0 Å². The third-order valence-electron chi connectivity index (χ3n) is 3.65. The molecule has 1 N–H and O–H groups in total. The van der Waals surface area contributed by atoms with E-state index in [2.05, 4.69) is 60.7 Å². The van der Waals surface area contributed by atoms with Crippen LogP contribution in [0.1, 0.15) is 16.7 Å². The molecule has 0 aliphatic heterocycles. The largest absolute Gasteiger partial charge is 0.392 e. The molecule has 0 amide bonds. The maximum Gasteiger partial charge on any atom is 0.0681 e. The fourth-order valence-electron chi connectivity index (χ4n) is 2.50. The van der Waals surface area contributed by atoms with E-state index in [4.69, 9.17) is 5.11 Å². The summed E-state index contributed by atoms with van der Waals surface area (Å²) in [5, 5.41) is 9.11. The molecule has 3 aromatic carbocycles. The first-order valence-corrected chi connectivity index (χ1v) is 7.18. The quantitative estimate of drug-likeness (QED) is 0.746. The fraction of sp³-hybridized carbons (Fsp3) is 0.100. The third kappa shape index (κ3) is 3.39. The maximum atomic E-state index is 9.11. The van der Waals surface area contributed by atoms with E-state index in [-0.39, 0.29) is 6.61 Å². The summed E-state index contributed by atoms with van der Waals surface area (Å²) in [6.07, 6.45) is 0.948. The van der Waals surface area contributed by atoms with Gasteiger partial charge in [0.2, 0.25) is 0 Å². The number of hydrogen-bond acceptors (Lipinski definition) is 1.